The molecule has 0 aromatic heterocycles. The van der Waals surface area contributed by atoms with E-state index < -0.39 is 0 Å². The number of nitriles is 1. The maximum atomic E-state index is 8.29. The van der Waals surface area contributed by atoms with E-state index in [0.29, 0.717) is 11.4 Å². The van der Waals surface area contributed by atoms with E-state index in [1.807, 2.05) is 6.07 Å². The Morgan fingerprint density at radius 3 is 2.93 bits per heavy atom. The monoisotopic (exact) mass is 186 g/mol. The lowest BCUT2D eigenvalue weighted by Crippen LogP contribution is -1.92. The van der Waals surface area contributed by atoms with Crippen molar-refractivity contribution in [1.82, 2.24) is 0 Å². The molecular formula is C11H10N2O. The highest BCUT2D eigenvalue weighted by Crippen LogP contribution is 2.21. The number of hydrogen-bond donors (Lipinski definition) is 1. The summed E-state index contributed by atoms with van der Waals surface area (Å²) in [5.74, 6) is 6.16. The van der Waals surface area contributed by atoms with Crippen LogP contribution in [-0.2, 0) is 0 Å². The Bertz CT molecular complexity index is 421. The predicted molar refractivity (Wildman–Crippen MR) is 54.5 cm³/mol. The van der Waals surface area contributed by atoms with Crippen LogP contribution in [0.1, 0.15) is 12.0 Å². The fourth-order valence-corrected chi connectivity index (χ4v) is 0.975. The molecule has 0 bridgehead atoms. The summed E-state index contributed by atoms with van der Waals surface area (Å²) in [6, 6.07) is 7.22. The largest absolute Gasteiger partial charge is 0.495 e. The second-order valence-electron chi connectivity index (χ2n) is 2.59. The van der Waals surface area contributed by atoms with E-state index in [0.717, 1.165) is 5.56 Å². The van der Waals surface area contributed by atoms with E-state index in [1.54, 1.807) is 25.3 Å². The van der Waals surface area contributed by atoms with Gasteiger partial charge in [0.15, 0.2) is 0 Å². The Morgan fingerprint density at radius 1 is 1.50 bits per heavy atom. The van der Waals surface area contributed by atoms with Crippen molar-refractivity contribution in [3.63, 3.8) is 0 Å². The van der Waals surface area contributed by atoms with Crippen molar-refractivity contribution < 1.29 is 4.74 Å². The second kappa shape index (κ2) is 4.79. The average molecular weight is 186 g/mol. The van der Waals surface area contributed by atoms with Crippen LogP contribution in [0.25, 0.3) is 0 Å². The molecule has 0 saturated heterocycles. The van der Waals surface area contributed by atoms with Crippen LogP contribution in [0.2, 0.25) is 0 Å². The summed E-state index contributed by atoms with van der Waals surface area (Å²) in [6.07, 6.45) is 0.229. The molecule has 0 saturated carbocycles. The van der Waals surface area contributed by atoms with Gasteiger partial charge in [0.2, 0.25) is 0 Å². The molecule has 1 rings (SSSR count). The van der Waals surface area contributed by atoms with Gasteiger partial charge in [0.05, 0.1) is 25.3 Å². The van der Waals surface area contributed by atoms with Crippen molar-refractivity contribution in [3.8, 4) is 23.7 Å². The minimum absolute atomic E-state index is 0.229. The van der Waals surface area contributed by atoms with Crippen molar-refractivity contribution in [3.05, 3.63) is 23.8 Å². The van der Waals surface area contributed by atoms with E-state index >= 15 is 0 Å². The summed E-state index contributed by atoms with van der Waals surface area (Å²) in [5.41, 5.74) is 7.01. The fraction of sp³-hybridized carbons (Fsp3) is 0.182. The third kappa shape index (κ3) is 2.43. The molecule has 0 unspecified atom stereocenters. The molecule has 2 N–H and O–H groups in total. The lowest BCUT2D eigenvalue weighted by atomic mass is 10.2. The maximum Gasteiger partial charge on any atom is 0.142 e. The van der Waals surface area contributed by atoms with E-state index in [4.69, 9.17) is 15.7 Å². The highest BCUT2D eigenvalue weighted by molar-refractivity contribution is 5.56. The number of ether oxygens (including phenoxy) is 1. The van der Waals surface area contributed by atoms with Crippen molar-refractivity contribution in [1.29, 1.82) is 5.26 Å². The van der Waals surface area contributed by atoms with Gasteiger partial charge in [-0.25, -0.2) is 0 Å². The van der Waals surface area contributed by atoms with E-state index in [1.165, 1.54) is 0 Å². The highest BCUT2D eigenvalue weighted by Gasteiger charge is 1.97. The first kappa shape index (κ1) is 9.95. The number of hydrogen-bond acceptors (Lipinski definition) is 3. The topological polar surface area (TPSA) is 59.0 Å². The highest BCUT2D eigenvalue weighted by atomic mass is 16.5. The molecule has 0 aliphatic rings. The van der Waals surface area contributed by atoms with E-state index in [2.05, 4.69) is 11.8 Å². The molecule has 0 fully saturated rings. The lowest BCUT2D eigenvalue weighted by molar-refractivity contribution is 0.417. The van der Waals surface area contributed by atoms with Gasteiger partial charge in [0.25, 0.3) is 0 Å². The number of benzene rings is 1. The fourth-order valence-electron chi connectivity index (χ4n) is 0.975. The number of nitrogens with two attached hydrogens (primary N) is 1. The second-order valence-corrected chi connectivity index (χ2v) is 2.59. The molecule has 70 valence electrons. The Hall–Kier alpha value is -2.13. The summed E-state index contributed by atoms with van der Waals surface area (Å²) >= 11 is 0. The maximum absolute atomic E-state index is 8.29. The summed E-state index contributed by atoms with van der Waals surface area (Å²) < 4.78 is 5.03. The molecule has 0 spiro atoms. The molecule has 3 heteroatoms. The average Bonchev–Trinajstić information content (AvgIpc) is 2.21. The smallest absolute Gasteiger partial charge is 0.142 e. The van der Waals surface area contributed by atoms with Crippen LogP contribution < -0.4 is 10.5 Å². The van der Waals surface area contributed by atoms with Crippen LogP contribution in [-0.4, -0.2) is 7.11 Å². The first-order valence-corrected chi connectivity index (χ1v) is 4.07. The zero-order valence-corrected chi connectivity index (χ0v) is 7.87. The Balaban J connectivity index is 2.92. The van der Waals surface area contributed by atoms with Crippen LogP contribution in [0, 0.1) is 23.2 Å². The number of nitrogen functional groups attached to an aromatic ring is 1. The van der Waals surface area contributed by atoms with Gasteiger partial charge in [0, 0.05) is 5.56 Å². The zero-order valence-electron chi connectivity index (χ0n) is 7.87. The molecule has 0 amide bonds. The van der Waals surface area contributed by atoms with Crippen LogP contribution in [0.4, 0.5) is 5.69 Å². The van der Waals surface area contributed by atoms with Crippen LogP contribution in [0.15, 0.2) is 18.2 Å². The van der Waals surface area contributed by atoms with Gasteiger partial charge in [0.1, 0.15) is 5.75 Å². The van der Waals surface area contributed by atoms with Crippen LogP contribution in [0.3, 0.4) is 0 Å². The quantitative estimate of drug-likeness (QED) is 0.534. The predicted octanol–water partition coefficient (Wildman–Crippen LogP) is 1.54. The summed E-state index contributed by atoms with van der Waals surface area (Å²) in [5, 5.41) is 8.29. The van der Waals surface area contributed by atoms with Crippen molar-refractivity contribution in [2.75, 3.05) is 12.8 Å². The van der Waals surface area contributed by atoms with Gasteiger partial charge in [-0.05, 0) is 18.2 Å². The van der Waals surface area contributed by atoms with Gasteiger partial charge >= 0.3 is 0 Å². The van der Waals surface area contributed by atoms with Crippen molar-refractivity contribution in [2.45, 2.75) is 6.42 Å². The van der Waals surface area contributed by atoms with E-state index in [9.17, 15) is 0 Å². The lowest BCUT2D eigenvalue weighted by Gasteiger charge is -2.03. The van der Waals surface area contributed by atoms with Gasteiger partial charge in [-0.15, -0.1) is 0 Å². The molecule has 0 aliphatic heterocycles. The standard InChI is InChI=1S/C11H10N2O/c1-14-11-8-9(4-2-3-7-12)5-6-10(11)13/h5-6,8H,3,13H2,1H3. The number of rotatable bonds is 1. The molecule has 0 atom stereocenters. The molecule has 0 heterocycles. The number of methoxy groups -OCH3 is 1. The van der Waals surface area contributed by atoms with E-state index in [-0.39, 0.29) is 6.42 Å². The molecule has 0 radical (unpaired) electrons. The Labute approximate surface area is 83.1 Å². The first-order valence-electron chi connectivity index (χ1n) is 4.07. The third-order valence-electron chi connectivity index (χ3n) is 1.63. The van der Waals surface area contributed by atoms with Gasteiger partial charge in [-0.2, -0.15) is 5.26 Å². The minimum Gasteiger partial charge on any atom is -0.495 e. The van der Waals surface area contributed by atoms with Gasteiger partial charge in [-0.1, -0.05) is 11.8 Å². The molecule has 14 heavy (non-hydrogen) atoms. The molecular weight excluding hydrogens is 176 g/mol. The molecule has 1 aromatic rings. The van der Waals surface area contributed by atoms with Crippen molar-refractivity contribution in [2.24, 2.45) is 0 Å². The van der Waals surface area contributed by atoms with Crippen LogP contribution in [0.5, 0.6) is 5.75 Å². The van der Waals surface area contributed by atoms with Crippen LogP contribution >= 0.6 is 0 Å². The van der Waals surface area contributed by atoms with Gasteiger partial charge in [-0.3, -0.25) is 0 Å². The minimum atomic E-state index is 0.229. The molecule has 1 aromatic carbocycles. The van der Waals surface area contributed by atoms with Gasteiger partial charge < -0.3 is 10.5 Å². The molecule has 0 aliphatic carbocycles. The summed E-state index contributed by atoms with van der Waals surface area (Å²) in [4.78, 5) is 0. The molecule has 3 nitrogen and oxygen atoms in total. The summed E-state index contributed by atoms with van der Waals surface area (Å²) in [7, 11) is 1.55. The number of anilines is 1. The third-order valence-corrected chi connectivity index (χ3v) is 1.63. The SMILES string of the molecule is COc1cc(C#CCC#N)ccc1N. The number of nitrogens with zero attached hydrogens (tertiary/aromatic N) is 1. The normalized spacial score (nSPS) is 8.29. The Morgan fingerprint density at radius 2 is 2.29 bits per heavy atom. The van der Waals surface area contributed by atoms with Crippen molar-refractivity contribution >= 4 is 5.69 Å². The Kier molecular flexibility index (Phi) is 3.41. The summed E-state index contributed by atoms with van der Waals surface area (Å²) in [6.45, 7) is 0. The first-order chi connectivity index (χ1) is 6.77. The zero-order chi connectivity index (χ0) is 10.4.